The zero-order valence-electron chi connectivity index (χ0n) is 18.4. The Hall–Kier alpha value is -1.58. The lowest BCUT2D eigenvalue weighted by atomic mass is 9.78. The molecule has 0 atom stereocenters. The highest BCUT2D eigenvalue weighted by atomic mass is 35.5. The summed E-state index contributed by atoms with van der Waals surface area (Å²) in [5.41, 5.74) is 0.703. The van der Waals surface area contributed by atoms with Crippen LogP contribution >= 0.6 is 34.8 Å². The number of sulfonamides is 1. The van der Waals surface area contributed by atoms with Gasteiger partial charge in [-0.05, 0) is 41.8 Å². The monoisotopic (exact) mass is 539 g/mol. The van der Waals surface area contributed by atoms with Crippen molar-refractivity contribution >= 4 is 50.6 Å². The van der Waals surface area contributed by atoms with Gasteiger partial charge in [-0.2, -0.15) is 0 Å². The van der Waals surface area contributed by atoms with Gasteiger partial charge in [-0.25, -0.2) is 17.5 Å². The molecule has 2 rings (SSSR count). The Morgan fingerprint density at radius 3 is 2.27 bits per heavy atom. The quantitative estimate of drug-likeness (QED) is 0.304. The third kappa shape index (κ3) is 8.00. The maximum absolute atomic E-state index is 14.7. The number of ketones is 1. The first-order chi connectivity index (χ1) is 15.3. The number of halogens is 4. The summed E-state index contributed by atoms with van der Waals surface area (Å²) in [5, 5.41) is 0.670. The Labute approximate surface area is 208 Å². The molecule has 33 heavy (non-hydrogen) atoms. The Morgan fingerprint density at radius 2 is 1.73 bits per heavy atom. The summed E-state index contributed by atoms with van der Waals surface area (Å²) in [4.78, 5) is 11.7. The summed E-state index contributed by atoms with van der Waals surface area (Å²) in [6, 6.07) is 7.83. The molecule has 182 valence electrons. The fourth-order valence-corrected chi connectivity index (χ4v) is 4.01. The number of hydrogen-bond acceptors (Lipinski definition) is 5. The molecule has 0 aliphatic rings. The van der Waals surface area contributed by atoms with Crippen LogP contribution in [0.1, 0.15) is 31.4 Å². The van der Waals surface area contributed by atoms with Gasteiger partial charge in [-0.3, -0.25) is 4.79 Å². The minimum Gasteiger partial charge on any atom is -0.490 e. The molecule has 0 aliphatic heterocycles. The van der Waals surface area contributed by atoms with Gasteiger partial charge in [0, 0.05) is 11.3 Å². The number of alkyl halides is 1. The van der Waals surface area contributed by atoms with Gasteiger partial charge in [0.1, 0.15) is 6.61 Å². The number of ether oxygens (including phenoxy) is 2. The van der Waals surface area contributed by atoms with Crippen LogP contribution in [-0.4, -0.2) is 46.1 Å². The van der Waals surface area contributed by atoms with Crippen LogP contribution in [0.5, 0.6) is 11.5 Å². The van der Waals surface area contributed by atoms with Gasteiger partial charge in [-0.1, -0.05) is 43.1 Å². The molecule has 0 amide bonds. The smallest absolute Gasteiger partial charge is 0.209 e. The molecule has 0 saturated carbocycles. The van der Waals surface area contributed by atoms with E-state index >= 15 is 0 Å². The van der Waals surface area contributed by atoms with Crippen LogP contribution in [0.2, 0.25) is 10.0 Å². The minimum atomic E-state index is -3.51. The molecule has 11 heteroatoms. The Kier molecular flexibility index (Phi) is 9.82. The van der Waals surface area contributed by atoms with Gasteiger partial charge in [0.25, 0.3) is 0 Å². The van der Waals surface area contributed by atoms with Gasteiger partial charge < -0.3 is 9.47 Å². The maximum Gasteiger partial charge on any atom is 0.209 e. The molecule has 0 fully saturated rings. The van der Waals surface area contributed by atoms with E-state index in [4.69, 9.17) is 44.3 Å². The molecule has 6 nitrogen and oxygen atoms in total. The Bertz CT molecular complexity index is 1090. The fraction of sp³-hybridized carbons (Fsp3) is 0.409. The van der Waals surface area contributed by atoms with E-state index in [0.717, 1.165) is 11.8 Å². The van der Waals surface area contributed by atoms with Crippen LogP contribution in [0.25, 0.3) is 0 Å². The van der Waals surface area contributed by atoms with Gasteiger partial charge in [0.05, 0.1) is 29.5 Å². The molecular formula is C22H25Cl3FNO5S. The van der Waals surface area contributed by atoms with Gasteiger partial charge in [-0.15, -0.1) is 11.6 Å². The predicted octanol–water partition coefficient (Wildman–Crippen LogP) is 4.96. The maximum atomic E-state index is 14.7. The topological polar surface area (TPSA) is 81.7 Å². The fourth-order valence-electron chi connectivity index (χ4n) is 2.88. The van der Waals surface area contributed by atoms with Crippen molar-refractivity contribution in [3.8, 4) is 11.5 Å². The van der Waals surface area contributed by atoms with E-state index in [9.17, 15) is 17.6 Å². The summed E-state index contributed by atoms with van der Waals surface area (Å²) in [6.07, 6.45) is 1.58. The molecular weight excluding hydrogens is 516 g/mol. The number of carbonyl (C=O) groups is 1. The first-order valence-electron chi connectivity index (χ1n) is 9.92. The second-order valence-electron chi connectivity index (χ2n) is 7.85. The van der Waals surface area contributed by atoms with Gasteiger partial charge in [0.2, 0.25) is 10.0 Å². The van der Waals surface area contributed by atoms with Crippen molar-refractivity contribution in [3.63, 3.8) is 0 Å². The summed E-state index contributed by atoms with van der Waals surface area (Å²) >= 11 is 18.4. The average Bonchev–Trinajstić information content (AvgIpc) is 2.72. The first-order valence-corrected chi connectivity index (χ1v) is 13.1. The molecule has 0 aromatic heterocycles. The molecule has 0 bridgehead atoms. The highest BCUT2D eigenvalue weighted by molar-refractivity contribution is 7.88. The van der Waals surface area contributed by atoms with Crippen LogP contribution in [0.4, 0.5) is 4.39 Å². The van der Waals surface area contributed by atoms with E-state index in [1.807, 2.05) is 13.8 Å². The SMILES string of the molecule is CC(C)(c1ccc(OCC(=O)CNS(C)(=O)=O)c(F)c1)c1cc(Cl)c(OCCCCl)c(Cl)c1. The number of rotatable bonds is 12. The van der Waals surface area contributed by atoms with E-state index in [1.54, 1.807) is 18.2 Å². The normalized spacial score (nSPS) is 12.0. The lowest BCUT2D eigenvalue weighted by Gasteiger charge is -2.27. The van der Waals surface area contributed by atoms with Gasteiger partial charge >= 0.3 is 0 Å². The second-order valence-corrected chi connectivity index (χ2v) is 10.9. The molecule has 2 aromatic rings. The van der Waals surface area contributed by atoms with Crippen molar-refractivity contribution in [1.29, 1.82) is 0 Å². The summed E-state index contributed by atoms with van der Waals surface area (Å²) in [7, 11) is -3.51. The standard InChI is InChI=1S/C22H25Cl3FNO5S/c1-22(2,15-9-17(24)21(18(25)10-15)31-8-4-7-23)14-5-6-20(19(26)11-14)32-13-16(28)12-27-33(3,29)30/h5-6,9-11,27H,4,7-8,12-13H2,1-3H3. The highest BCUT2D eigenvalue weighted by Gasteiger charge is 2.27. The molecule has 0 aliphatic carbocycles. The van der Waals surface area contributed by atoms with Crippen LogP contribution < -0.4 is 14.2 Å². The minimum absolute atomic E-state index is 0.124. The van der Waals surface area contributed by atoms with Crippen molar-refractivity contribution in [2.45, 2.75) is 25.7 Å². The second kappa shape index (κ2) is 11.7. The summed E-state index contributed by atoms with van der Waals surface area (Å²) in [6.45, 7) is 3.25. The molecule has 0 heterocycles. The molecule has 0 saturated heterocycles. The van der Waals surface area contributed by atoms with E-state index in [0.29, 0.717) is 40.3 Å². The Balaban J connectivity index is 2.16. The van der Waals surface area contributed by atoms with Crippen LogP contribution in [0.3, 0.4) is 0 Å². The zero-order chi connectivity index (χ0) is 24.8. The number of Topliss-reactive ketones (excluding diaryl/α,β-unsaturated/α-hetero) is 1. The first kappa shape index (κ1) is 27.7. The van der Waals surface area contributed by atoms with E-state index in [-0.39, 0.29) is 5.75 Å². The van der Waals surface area contributed by atoms with Crippen molar-refractivity contribution in [2.24, 2.45) is 0 Å². The highest BCUT2D eigenvalue weighted by Crippen LogP contribution is 2.41. The molecule has 0 radical (unpaired) electrons. The third-order valence-electron chi connectivity index (χ3n) is 4.82. The van der Waals surface area contributed by atoms with Crippen LogP contribution in [0.15, 0.2) is 30.3 Å². The zero-order valence-corrected chi connectivity index (χ0v) is 21.5. The van der Waals surface area contributed by atoms with E-state index in [2.05, 4.69) is 4.72 Å². The van der Waals surface area contributed by atoms with Crippen molar-refractivity contribution in [2.75, 3.05) is 31.9 Å². The van der Waals surface area contributed by atoms with E-state index < -0.39 is 40.2 Å². The average molecular weight is 541 g/mol. The Morgan fingerprint density at radius 1 is 1.09 bits per heavy atom. The largest absolute Gasteiger partial charge is 0.490 e. The third-order valence-corrected chi connectivity index (χ3v) is 6.32. The molecule has 1 N–H and O–H groups in total. The molecule has 2 aromatic carbocycles. The number of hydrogen-bond donors (Lipinski definition) is 1. The van der Waals surface area contributed by atoms with Gasteiger partial charge in [0.15, 0.2) is 23.1 Å². The van der Waals surface area contributed by atoms with Crippen LogP contribution in [-0.2, 0) is 20.2 Å². The lowest BCUT2D eigenvalue weighted by molar-refractivity contribution is -0.119. The number of nitrogens with one attached hydrogen (secondary N) is 1. The number of benzene rings is 2. The van der Waals surface area contributed by atoms with Crippen LogP contribution in [0, 0.1) is 5.82 Å². The summed E-state index contributed by atoms with van der Waals surface area (Å²) < 4.78 is 49.6. The van der Waals surface area contributed by atoms with Crippen molar-refractivity contribution in [1.82, 2.24) is 4.72 Å². The van der Waals surface area contributed by atoms with Crippen molar-refractivity contribution < 1.29 is 27.1 Å². The molecule has 0 spiro atoms. The van der Waals surface area contributed by atoms with E-state index in [1.165, 1.54) is 12.1 Å². The summed E-state index contributed by atoms with van der Waals surface area (Å²) in [5.74, 6) is -0.504. The predicted molar refractivity (Wildman–Crippen MR) is 129 cm³/mol. The van der Waals surface area contributed by atoms with Crippen molar-refractivity contribution in [3.05, 3.63) is 57.3 Å². The number of carbonyl (C=O) groups excluding carboxylic acids is 1. The lowest BCUT2D eigenvalue weighted by Crippen LogP contribution is -2.31. The molecule has 0 unspecified atom stereocenters.